The van der Waals surface area contributed by atoms with E-state index in [9.17, 15) is 4.79 Å². The Bertz CT molecular complexity index is 6540. The molecule has 0 radical (unpaired) electrons. The first-order valence-electron chi connectivity index (χ1n) is 41.1. The average molecular weight is 1740 g/mol. The van der Waals surface area contributed by atoms with Gasteiger partial charge >= 0.3 is 0 Å². The summed E-state index contributed by atoms with van der Waals surface area (Å²) < 4.78 is 3.41. The third kappa shape index (κ3) is 15.2. The number of hydrogen-bond acceptors (Lipinski definition) is 3. The summed E-state index contributed by atoms with van der Waals surface area (Å²) in [4.78, 5) is 13.1. The summed E-state index contributed by atoms with van der Waals surface area (Å²) in [6.07, 6.45) is 0. The van der Waals surface area contributed by atoms with Gasteiger partial charge in [-0.25, -0.2) is 0 Å². The summed E-state index contributed by atoms with van der Waals surface area (Å²) >= 11 is 10.8. The van der Waals surface area contributed by atoms with E-state index >= 15 is 0 Å². The number of anilines is 5. The van der Waals surface area contributed by atoms with Crippen LogP contribution in [0, 0.1) is 0 Å². The Kier molecular flexibility index (Phi) is 22.7. The van der Waals surface area contributed by atoms with Gasteiger partial charge in [0.2, 0.25) is 0 Å². The molecule has 21 rings (SSSR count). The lowest BCUT2D eigenvalue weighted by molar-refractivity contribution is 0.101. The maximum absolute atomic E-state index is 10.6. The molecule has 0 aromatic heterocycles. The molecule has 0 spiro atoms. The quantitative estimate of drug-likeness (QED) is 0.131. The van der Waals surface area contributed by atoms with Crippen molar-refractivity contribution in [1.29, 1.82) is 0 Å². The number of nitrogens with zero attached hydrogens (tertiary/aromatic N) is 1. The van der Waals surface area contributed by atoms with E-state index in [0.717, 1.165) is 31.6 Å². The number of nitrogens with one attached hydrogen (secondary N) is 1. The van der Waals surface area contributed by atoms with E-state index in [0.29, 0.717) is 0 Å². The van der Waals surface area contributed by atoms with Gasteiger partial charge in [-0.1, -0.05) is 421 Å². The minimum absolute atomic E-state index is 0.0286. The fraction of sp³-hybridized carbons (Fsp3) is 0.0965. The Morgan fingerprint density at radius 2 is 0.592 bits per heavy atom. The Balaban J connectivity index is 0.000000120. The number of fused-ring (bicyclic) bond motifs is 12. The number of benzene rings is 17. The van der Waals surface area contributed by atoms with Crippen LogP contribution >= 0.6 is 47.8 Å². The molecule has 6 heteroatoms. The zero-order valence-corrected chi connectivity index (χ0v) is 73.1. The van der Waals surface area contributed by atoms with Crippen LogP contribution in [0.25, 0.3) is 77.9 Å². The van der Waals surface area contributed by atoms with Crippen molar-refractivity contribution in [2.75, 3.05) is 10.2 Å². The van der Waals surface area contributed by atoms with Crippen molar-refractivity contribution >= 4 is 82.0 Å². The summed E-state index contributed by atoms with van der Waals surface area (Å²) in [7, 11) is 0. The van der Waals surface area contributed by atoms with Crippen LogP contribution < -0.4 is 10.2 Å². The standard InChI is InChI=1S/C47H37N.C27H23N.C20H15Br.C12H8Br2.C8H8O/c1-46(2)40-21-12-10-19-37(40)38-30-29-36(31-43(38)46)48(35-27-25-33(26-28-35)32-15-6-4-7-16-32)44-24-14-23-42-45(44)39-20-11-13-22-41(39)47(42,3)34-17-8-5-9-18-34;1-27(2)25-11-7-6-10-23(25)24-17-16-22(18-26(24)27)28-21-14-12-20(13-15-21)19-8-4-3-5-9-19;1-20(14-8-3-2-4-9-14)16-11-6-5-10-15(16)19-17(20)12-7-13-18(19)21;13-11-7-3-1-5-9(11)10-6-2-4-8-12(10)14;1-7(9)8-5-3-2-4-6-8/h4-31H,1-3H3;3-18,28H,1-2H3;2-13H,1H3;1-8H;2-6H,1H3. The Labute approximate surface area is 732 Å². The first kappa shape index (κ1) is 79.9. The maximum atomic E-state index is 10.6. The van der Waals surface area contributed by atoms with Crippen molar-refractivity contribution in [2.24, 2.45) is 0 Å². The molecule has 3 nitrogen and oxygen atoms in total. The highest BCUT2D eigenvalue weighted by molar-refractivity contribution is 9.11. The third-order valence-electron chi connectivity index (χ3n) is 24.7. The van der Waals surface area contributed by atoms with Gasteiger partial charge in [0.1, 0.15) is 0 Å². The second-order valence-electron chi connectivity index (χ2n) is 32.5. The van der Waals surface area contributed by atoms with Crippen LogP contribution in [-0.4, -0.2) is 5.78 Å². The van der Waals surface area contributed by atoms with Gasteiger partial charge in [0.25, 0.3) is 0 Å². The summed E-state index contributed by atoms with van der Waals surface area (Å²) in [5.41, 5.74) is 37.8. The SMILES string of the molecule is Brc1ccccc1-c1ccccc1Br.CC(=O)c1ccccc1.CC1(C)c2ccccc2-c2ccc(N(c3ccc(-c4ccccc4)cc3)c3cccc4c3-c3ccccc3C4(C)c3ccccc3)cc21.CC1(C)c2ccccc2-c2ccc(Nc3ccc(-c4ccccc4)cc3)cc21.CC1(c2ccccc2)c2ccccc2-c2c(Br)cccc21. The minimum atomic E-state index is -0.270. The first-order chi connectivity index (χ1) is 58.4. The van der Waals surface area contributed by atoms with Crippen molar-refractivity contribution < 1.29 is 4.79 Å². The number of carbonyl (C=O) groups excluding carboxylic acids is 1. The number of halogens is 3. The van der Waals surface area contributed by atoms with Crippen molar-refractivity contribution in [3.8, 4) is 77.9 Å². The van der Waals surface area contributed by atoms with Crippen LogP contribution in [0.3, 0.4) is 0 Å². The van der Waals surface area contributed by atoms with Crippen molar-refractivity contribution in [1.82, 2.24) is 0 Å². The molecule has 0 saturated carbocycles. The second-order valence-corrected chi connectivity index (χ2v) is 35.0. The molecule has 0 bridgehead atoms. The molecular formula is C114H91Br3N2O. The molecular weight excluding hydrogens is 1650 g/mol. The Morgan fingerprint density at radius 1 is 0.258 bits per heavy atom. The summed E-state index contributed by atoms with van der Waals surface area (Å²) in [6, 6.07) is 149. The molecule has 120 heavy (non-hydrogen) atoms. The highest BCUT2D eigenvalue weighted by Gasteiger charge is 2.45. The van der Waals surface area contributed by atoms with Crippen LogP contribution in [0.15, 0.2) is 432 Å². The van der Waals surface area contributed by atoms with Crippen molar-refractivity contribution in [3.05, 3.63) is 493 Å². The van der Waals surface area contributed by atoms with Gasteiger partial charge in [-0.3, -0.25) is 4.79 Å². The molecule has 0 amide bonds. The number of Topliss-reactive ketones (excluding diaryl/α,β-unsaturated/α-hetero) is 1. The van der Waals surface area contributed by atoms with Gasteiger partial charge < -0.3 is 10.2 Å². The number of rotatable bonds is 11. The van der Waals surface area contributed by atoms with Gasteiger partial charge in [0.15, 0.2) is 5.78 Å². The van der Waals surface area contributed by atoms with Crippen molar-refractivity contribution in [3.63, 3.8) is 0 Å². The molecule has 1 N–H and O–H groups in total. The second kappa shape index (κ2) is 34.0. The van der Waals surface area contributed by atoms with Gasteiger partial charge in [0, 0.05) is 74.5 Å². The largest absolute Gasteiger partial charge is 0.356 e. The van der Waals surface area contributed by atoms with Crippen LogP contribution in [0.1, 0.15) is 114 Å². The molecule has 17 aromatic carbocycles. The van der Waals surface area contributed by atoms with Gasteiger partial charge in [-0.2, -0.15) is 0 Å². The third-order valence-corrected chi connectivity index (χ3v) is 26.7. The lowest BCUT2D eigenvalue weighted by Crippen LogP contribution is -2.22. The highest BCUT2D eigenvalue weighted by atomic mass is 79.9. The summed E-state index contributed by atoms with van der Waals surface area (Å²) in [5.74, 6) is 0.121. The molecule has 0 fully saturated rings. The topological polar surface area (TPSA) is 32.3 Å². The van der Waals surface area contributed by atoms with Gasteiger partial charge in [-0.05, 0) is 216 Å². The Hall–Kier alpha value is -12.6. The molecule has 584 valence electrons. The van der Waals surface area contributed by atoms with Crippen LogP contribution in [0.4, 0.5) is 28.4 Å². The molecule has 0 saturated heterocycles. The maximum Gasteiger partial charge on any atom is 0.159 e. The lowest BCUT2D eigenvalue weighted by Gasteiger charge is -2.31. The summed E-state index contributed by atoms with van der Waals surface area (Å²) in [5, 5.41) is 3.58. The molecule has 0 aliphatic heterocycles. The zero-order valence-electron chi connectivity index (χ0n) is 68.3. The molecule has 2 unspecified atom stereocenters. The zero-order chi connectivity index (χ0) is 82.7. The number of ketones is 1. The van der Waals surface area contributed by atoms with E-state index in [1.54, 1.807) is 6.92 Å². The van der Waals surface area contributed by atoms with Crippen LogP contribution in [-0.2, 0) is 21.7 Å². The fourth-order valence-corrected chi connectivity index (χ4v) is 20.0. The van der Waals surface area contributed by atoms with E-state index in [1.165, 1.54) is 149 Å². The number of hydrogen-bond donors (Lipinski definition) is 1. The predicted molar refractivity (Wildman–Crippen MR) is 516 cm³/mol. The number of carbonyl (C=O) groups is 1. The molecule has 17 aromatic rings. The average Bonchev–Trinajstić information content (AvgIpc) is 1.56. The van der Waals surface area contributed by atoms with Gasteiger partial charge in [0.05, 0.1) is 5.69 Å². The predicted octanol–water partition coefficient (Wildman–Crippen LogP) is 32.4. The van der Waals surface area contributed by atoms with Gasteiger partial charge in [-0.15, -0.1) is 0 Å². The van der Waals surface area contributed by atoms with Crippen LogP contribution in [0.5, 0.6) is 0 Å². The smallest absolute Gasteiger partial charge is 0.159 e. The van der Waals surface area contributed by atoms with E-state index in [4.69, 9.17) is 0 Å². The molecule has 4 aliphatic carbocycles. The molecule has 0 heterocycles. The monoisotopic (exact) mass is 1740 g/mol. The molecule has 4 aliphatic rings. The highest BCUT2D eigenvalue weighted by Crippen LogP contribution is 2.59. The Morgan fingerprint density at radius 3 is 1.07 bits per heavy atom. The normalized spacial score (nSPS) is 15.0. The van der Waals surface area contributed by atoms with E-state index in [2.05, 4.69) is 457 Å². The summed E-state index contributed by atoms with van der Waals surface area (Å²) in [6.45, 7) is 15.6. The minimum Gasteiger partial charge on any atom is -0.356 e. The van der Waals surface area contributed by atoms with E-state index < -0.39 is 0 Å². The van der Waals surface area contributed by atoms with Crippen molar-refractivity contribution in [2.45, 2.75) is 70.1 Å². The van der Waals surface area contributed by atoms with Crippen LogP contribution in [0.2, 0.25) is 0 Å². The lowest BCUT2D eigenvalue weighted by atomic mass is 9.74. The van der Waals surface area contributed by atoms with E-state index in [-0.39, 0.29) is 27.4 Å². The fourth-order valence-electron chi connectivity index (χ4n) is 18.4. The van der Waals surface area contributed by atoms with E-state index in [1.807, 2.05) is 60.7 Å². The molecule has 2 atom stereocenters. The first-order valence-corrected chi connectivity index (χ1v) is 43.4.